The molecule has 0 spiro atoms. The number of carbonyl (C=O) groups is 3. The highest BCUT2D eigenvalue weighted by molar-refractivity contribution is 5.76. The molecule has 5 heteroatoms. The smallest absolute Gasteiger partial charge is 0.311 e. The summed E-state index contributed by atoms with van der Waals surface area (Å²) in [7, 11) is 1.46. The van der Waals surface area contributed by atoms with Crippen LogP contribution >= 0.6 is 0 Å². The number of fused-ring (bicyclic) bond motifs is 5. The molecule has 0 aliphatic heterocycles. The predicted molar refractivity (Wildman–Crippen MR) is 140 cm³/mol. The Hall–Kier alpha value is -1.65. The second-order valence-corrected chi connectivity index (χ2v) is 14.7. The van der Waals surface area contributed by atoms with Gasteiger partial charge in [-0.15, -0.1) is 0 Å². The molecular weight excluding hydrogens is 452 g/mol. The van der Waals surface area contributed by atoms with Gasteiger partial charge in [0.25, 0.3) is 0 Å². The van der Waals surface area contributed by atoms with Crippen LogP contribution in [0, 0.1) is 50.2 Å². The van der Waals surface area contributed by atoms with Gasteiger partial charge in [-0.2, -0.15) is 0 Å². The van der Waals surface area contributed by atoms with Gasteiger partial charge in [-0.05, 0) is 112 Å². The first-order valence-corrected chi connectivity index (χ1v) is 14.0. The summed E-state index contributed by atoms with van der Waals surface area (Å²) in [5.74, 6) is -0.259. The van der Waals surface area contributed by atoms with Crippen LogP contribution in [-0.4, -0.2) is 30.4 Å². The minimum Gasteiger partial charge on any atom is -0.481 e. The number of hydrogen-bond acceptors (Lipinski definition) is 4. The van der Waals surface area contributed by atoms with Gasteiger partial charge in [-0.1, -0.05) is 39.3 Å². The van der Waals surface area contributed by atoms with E-state index >= 15 is 0 Å². The SMILES string of the molecule is COC(=O)C(C)(C)[C@@H]1CC[C@]2(C)[C@H](CC=C3[C@@H]4C[C@@](C)(C(=O)O)CC[C@]4(C)CC[C@]32C)[C@@]1(C)CC=O. The van der Waals surface area contributed by atoms with Crippen molar-refractivity contribution < 1.29 is 24.2 Å². The monoisotopic (exact) mass is 500 g/mol. The van der Waals surface area contributed by atoms with Gasteiger partial charge in [0, 0.05) is 6.42 Å². The van der Waals surface area contributed by atoms with Crippen molar-refractivity contribution in [1.29, 1.82) is 0 Å². The summed E-state index contributed by atoms with van der Waals surface area (Å²) >= 11 is 0. The first-order chi connectivity index (χ1) is 16.6. The zero-order chi connectivity index (χ0) is 26.9. The number of hydrogen-bond donors (Lipinski definition) is 1. The van der Waals surface area contributed by atoms with Crippen LogP contribution in [0.1, 0.15) is 106 Å². The van der Waals surface area contributed by atoms with Crippen LogP contribution in [-0.2, 0) is 19.1 Å². The number of carboxylic acids is 1. The van der Waals surface area contributed by atoms with E-state index in [1.54, 1.807) is 0 Å². The van der Waals surface area contributed by atoms with E-state index in [9.17, 15) is 19.5 Å². The zero-order valence-electron chi connectivity index (χ0n) is 23.8. The third kappa shape index (κ3) is 3.50. The van der Waals surface area contributed by atoms with E-state index < -0.39 is 16.8 Å². The summed E-state index contributed by atoms with van der Waals surface area (Å²) in [6.45, 7) is 15.4. The molecule has 0 bridgehead atoms. The topological polar surface area (TPSA) is 80.7 Å². The molecule has 202 valence electrons. The van der Waals surface area contributed by atoms with E-state index in [4.69, 9.17) is 4.74 Å². The average Bonchev–Trinajstić information content (AvgIpc) is 2.80. The summed E-state index contributed by atoms with van der Waals surface area (Å²) in [4.78, 5) is 37.3. The second-order valence-electron chi connectivity index (χ2n) is 14.7. The predicted octanol–water partition coefficient (Wildman–Crippen LogP) is 6.84. The Kier molecular flexibility index (Phi) is 6.41. The van der Waals surface area contributed by atoms with Crippen LogP contribution in [0.25, 0.3) is 0 Å². The maximum absolute atomic E-state index is 12.9. The van der Waals surface area contributed by atoms with Crippen molar-refractivity contribution in [2.75, 3.05) is 7.11 Å². The Morgan fingerprint density at radius 3 is 2.31 bits per heavy atom. The molecule has 0 heterocycles. The van der Waals surface area contributed by atoms with Crippen LogP contribution in [0.4, 0.5) is 0 Å². The maximum Gasteiger partial charge on any atom is 0.311 e. The van der Waals surface area contributed by atoms with Gasteiger partial charge >= 0.3 is 11.9 Å². The lowest BCUT2D eigenvalue weighted by Gasteiger charge is -2.69. The molecule has 3 fully saturated rings. The number of ether oxygens (including phenoxy) is 1. The fourth-order valence-corrected chi connectivity index (χ4v) is 9.97. The molecule has 0 aromatic carbocycles. The van der Waals surface area contributed by atoms with E-state index in [1.165, 1.54) is 12.7 Å². The van der Waals surface area contributed by atoms with Crippen molar-refractivity contribution in [2.24, 2.45) is 50.2 Å². The fourth-order valence-electron chi connectivity index (χ4n) is 9.97. The molecule has 3 saturated carbocycles. The van der Waals surface area contributed by atoms with Crippen LogP contribution in [0.3, 0.4) is 0 Å². The Bertz CT molecular complexity index is 981. The normalized spacial score (nSPS) is 46.4. The Morgan fingerprint density at radius 2 is 1.72 bits per heavy atom. The average molecular weight is 501 g/mol. The van der Waals surface area contributed by atoms with Gasteiger partial charge in [-0.25, -0.2) is 0 Å². The third-order valence-electron chi connectivity index (χ3n) is 12.7. The van der Waals surface area contributed by atoms with Gasteiger partial charge in [0.1, 0.15) is 6.29 Å². The van der Waals surface area contributed by atoms with Gasteiger partial charge in [-0.3, -0.25) is 9.59 Å². The van der Waals surface area contributed by atoms with E-state index in [1.807, 2.05) is 20.8 Å². The van der Waals surface area contributed by atoms with Gasteiger partial charge in [0.15, 0.2) is 0 Å². The molecule has 1 N–H and O–H groups in total. The molecular formula is C31H48O5. The lowest BCUT2D eigenvalue weighted by molar-refractivity contribution is -0.184. The molecule has 0 unspecified atom stereocenters. The van der Waals surface area contributed by atoms with E-state index in [0.717, 1.165) is 51.2 Å². The number of methoxy groups -OCH3 is 1. The second kappa shape index (κ2) is 8.43. The van der Waals surface area contributed by atoms with Crippen LogP contribution in [0.2, 0.25) is 0 Å². The molecule has 0 aromatic heterocycles. The Morgan fingerprint density at radius 1 is 1.08 bits per heavy atom. The van der Waals surface area contributed by atoms with Gasteiger partial charge < -0.3 is 14.6 Å². The fraction of sp³-hybridized carbons (Fsp3) is 0.839. The molecule has 0 radical (unpaired) electrons. The third-order valence-corrected chi connectivity index (χ3v) is 12.7. The molecule has 4 aliphatic carbocycles. The van der Waals surface area contributed by atoms with Crippen LogP contribution in [0.15, 0.2) is 11.6 Å². The number of aliphatic carboxylic acids is 1. The Balaban J connectivity index is 1.80. The van der Waals surface area contributed by atoms with Gasteiger partial charge in [0.2, 0.25) is 0 Å². The molecule has 4 aliphatic rings. The summed E-state index contributed by atoms with van der Waals surface area (Å²) < 4.78 is 5.23. The lowest BCUT2D eigenvalue weighted by Crippen LogP contribution is -2.63. The van der Waals surface area contributed by atoms with Crippen molar-refractivity contribution in [1.82, 2.24) is 0 Å². The first-order valence-electron chi connectivity index (χ1n) is 14.0. The van der Waals surface area contributed by atoms with Crippen molar-refractivity contribution in [2.45, 2.75) is 106 Å². The minimum atomic E-state index is -0.671. The van der Waals surface area contributed by atoms with Crippen molar-refractivity contribution >= 4 is 18.2 Å². The largest absolute Gasteiger partial charge is 0.481 e. The van der Waals surface area contributed by atoms with E-state index in [-0.39, 0.29) is 45.4 Å². The summed E-state index contributed by atoms with van der Waals surface area (Å²) in [5, 5.41) is 10.1. The van der Waals surface area contributed by atoms with Crippen LogP contribution < -0.4 is 0 Å². The zero-order valence-corrected chi connectivity index (χ0v) is 23.8. The highest BCUT2D eigenvalue weighted by atomic mass is 16.5. The number of aldehydes is 1. The Labute approximate surface area is 217 Å². The standard InChI is InChI=1S/C31H48O5/c1-26(2,25(35)36-8)22-11-12-31(7)23(29(22,5)17-18-32)10-9-20-21-19-28(4,24(33)34)14-13-27(21,3)15-16-30(20,31)6/h9,18,21-23H,10-17,19H2,1-8H3,(H,33,34)/t21-,22-,23+,27+,28-,29-,30+,31+/m0/s1. The minimum absolute atomic E-state index is 0.0179. The molecule has 36 heavy (non-hydrogen) atoms. The van der Waals surface area contributed by atoms with Crippen LogP contribution in [0.5, 0.6) is 0 Å². The van der Waals surface area contributed by atoms with Crippen molar-refractivity contribution in [3.63, 3.8) is 0 Å². The molecule has 0 saturated heterocycles. The molecule has 5 nitrogen and oxygen atoms in total. The van der Waals surface area contributed by atoms with E-state index in [0.29, 0.717) is 12.8 Å². The molecule has 8 atom stereocenters. The summed E-state index contributed by atoms with van der Waals surface area (Å²) in [6.07, 6.45) is 11.4. The highest BCUT2D eigenvalue weighted by Crippen LogP contribution is 2.74. The lowest BCUT2D eigenvalue weighted by atomic mass is 9.35. The number of esters is 1. The number of carbonyl (C=O) groups excluding carboxylic acids is 2. The van der Waals surface area contributed by atoms with Crippen molar-refractivity contribution in [3.05, 3.63) is 11.6 Å². The highest BCUT2D eigenvalue weighted by Gasteiger charge is 2.67. The maximum atomic E-state index is 12.9. The summed E-state index contributed by atoms with van der Waals surface area (Å²) in [5.41, 5.74) is -0.0790. The summed E-state index contributed by atoms with van der Waals surface area (Å²) in [6, 6.07) is 0. The quantitative estimate of drug-likeness (QED) is 0.254. The number of rotatable bonds is 5. The molecule has 0 amide bonds. The first kappa shape index (κ1) is 27.4. The van der Waals surface area contributed by atoms with Crippen molar-refractivity contribution in [3.8, 4) is 0 Å². The number of carboxylic acid groups (broad SMARTS) is 1. The molecule has 4 rings (SSSR count). The number of allylic oxidation sites excluding steroid dienone is 2. The van der Waals surface area contributed by atoms with Gasteiger partial charge in [0.05, 0.1) is 17.9 Å². The van der Waals surface area contributed by atoms with E-state index in [2.05, 4.69) is 33.8 Å². The molecule has 0 aromatic rings.